The number of para-hydroxylation sites is 4. The van der Waals surface area contributed by atoms with E-state index < -0.39 is 0 Å². The second kappa shape index (κ2) is 30.9. The molecule has 4 nitrogen and oxygen atoms in total. The Morgan fingerprint density at radius 3 is 0.973 bits per heavy atom. The van der Waals surface area contributed by atoms with Crippen LogP contribution in [-0.2, 0) is 10.8 Å². The highest BCUT2D eigenvalue weighted by Gasteiger charge is 2.63. The highest BCUT2D eigenvalue weighted by Crippen LogP contribution is 2.72. The Labute approximate surface area is 847 Å². The monoisotopic (exact) mass is 1860 g/mol. The number of benzene rings is 22. The third-order valence-corrected chi connectivity index (χ3v) is 37.5. The summed E-state index contributed by atoms with van der Waals surface area (Å²) in [4.78, 5) is 0. The van der Waals surface area contributed by atoms with Gasteiger partial charge in [-0.05, 0) is 375 Å². The smallest absolute Gasteiger partial charge is 0.0547 e. The van der Waals surface area contributed by atoms with Crippen molar-refractivity contribution in [1.82, 2.24) is 18.3 Å². The van der Waals surface area contributed by atoms with E-state index in [1.54, 1.807) is 22.3 Å². The van der Waals surface area contributed by atoms with Crippen LogP contribution in [0.15, 0.2) is 449 Å². The molecule has 0 atom stereocenters. The molecule has 0 unspecified atom stereocenters. The summed E-state index contributed by atoms with van der Waals surface area (Å²) in [7, 11) is 0. The van der Waals surface area contributed by atoms with Gasteiger partial charge in [0.15, 0.2) is 0 Å². The summed E-state index contributed by atoms with van der Waals surface area (Å²) in [6.45, 7) is 0. The van der Waals surface area contributed by atoms with Gasteiger partial charge in [0.25, 0.3) is 0 Å². The Balaban J connectivity index is 0.000000128. The summed E-state index contributed by atoms with van der Waals surface area (Å²) in [6.07, 6.45) is 14.2. The molecule has 8 bridgehead atoms. The minimum atomic E-state index is 0.153. The molecule has 0 amide bonds. The minimum Gasteiger partial charge on any atom is -0.309 e. The van der Waals surface area contributed by atoms with Crippen molar-refractivity contribution in [2.45, 2.75) is 75.0 Å². The molecular formula is C142H102N4. The van der Waals surface area contributed by atoms with Crippen molar-refractivity contribution in [3.63, 3.8) is 0 Å². The summed E-state index contributed by atoms with van der Waals surface area (Å²) in [5, 5.41) is 22.8. The first-order chi connectivity index (χ1) is 72.3. The molecule has 10 aliphatic carbocycles. The lowest BCUT2D eigenvalue weighted by atomic mass is 9.43. The van der Waals surface area contributed by atoms with Gasteiger partial charge in [0.1, 0.15) is 0 Å². The van der Waals surface area contributed by atoms with Crippen LogP contribution < -0.4 is 0 Å². The molecule has 4 aromatic heterocycles. The van der Waals surface area contributed by atoms with Gasteiger partial charge in [-0.1, -0.05) is 334 Å². The highest BCUT2D eigenvalue weighted by molar-refractivity contribution is 6.18. The van der Waals surface area contributed by atoms with Crippen molar-refractivity contribution >= 4 is 141 Å². The molecule has 26 aromatic rings. The third-order valence-electron chi connectivity index (χ3n) is 37.5. The maximum atomic E-state index is 2.64. The summed E-state index contributed by atoms with van der Waals surface area (Å²) < 4.78 is 9.90. The van der Waals surface area contributed by atoms with Gasteiger partial charge in [0, 0.05) is 76.4 Å². The molecule has 4 heteroatoms. The van der Waals surface area contributed by atoms with E-state index in [2.05, 4.69) is 467 Å². The van der Waals surface area contributed by atoms with Crippen molar-refractivity contribution in [3.05, 3.63) is 471 Å². The normalized spacial score (nSPS) is 20.7. The molecule has 10 aliphatic rings. The molecule has 146 heavy (non-hydrogen) atoms. The van der Waals surface area contributed by atoms with Crippen molar-refractivity contribution in [3.8, 4) is 101 Å². The van der Waals surface area contributed by atoms with E-state index in [1.165, 1.54) is 300 Å². The fourth-order valence-electron chi connectivity index (χ4n) is 32.0. The Hall–Kier alpha value is -16.7. The van der Waals surface area contributed by atoms with Crippen LogP contribution in [0.5, 0.6) is 0 Å². The largest absolute Gasteiger partial charge is 0.309 e. The average Bonchev–Trinajstić information content (AvgIpc) is 1.49. The first-order valence-corrected chi connectivity index (χ1v) is 53.5. The molecular weight excluding hydrogens is 1760 g/mol. The van der Waals surface area contributed by atoms with Gasteiger partial charge in [-0.3, -0.25) is 0 Å². The van der Waals surface area contributed by atoms with Crippen LogP contribution in [0.4, 0.5) is 0 Å². The van der Waals surface area contributed by atoms with Gasteiger partial charge in [0.05, 0.1) is 49.8 Å². The van der Waals surface area contributed by atoms with E-state index in [4.69, 9.17) is 0 Å². The Bertz CT molecular complexity index is 10100. The van der Waals surface area contributed by atoms with Gasteiger partial charge in [-0.25, -0.2) is 0 Å². The zero-order valence-electron chi connectivity index (χ0n) is 81.2. The molecule has 8 saturated carbocycles. The number of hydrogen-bond acceptors (Lipinski definition) is 0. The SMILES string of the molecule is c1ccc(-c2cccc(-n3c4ccccc4c4ccc(-c5ccc6c7ccccc7n(-c7ccc8c(ccc9cc(-c%10ccc%11c(c%10)C%10(c%12ccccc%12-%11)C%11CC%12CC(C%11)CC%10C%12)ccc98)c7)c6c5)cc43)c2)cc1.c1ccc2c(c1)-c1ccc(-c3ccc4ccc5ccc(-n6c7ccccc7c7ccc(-c8ccc9c%10ccccc%10n(-c%10cccc%11ccccc%10%11)c9c8)cc76)cc5c4c3)cc1C21C2CC3CC(C2)CC1C3. The number of nitrogens with zero attached hydrogens (tertiary/aromatic N) is 4. The van der Waals surface area contributed by atoms with Crippen molar-refractivity contribution in [2.75, 3.05) is 0 Å². The van der Waals surface area contributed by atoms with E-state index >= 15 is 0 Å². The van der Waals surface area contributed by atoms with Crippen LogP contribution in [0.25, 0.3) is 242 Å². The van der Waals surface area contributed by atoms with E-state index in [0.29, 0.717) is 0 Å². The summed E-state index contributed by atoms with van der Waals surface area (Å²) in [5.41, 5.74) is 39.7. The minimum absolute atomic E-state index is 0.153. The quantitative estimate of drug-likeness (QED) is 0.128. The van der Waals surface area contributed by atoms with E-state index in [9.17, 15) is 0 Å². The van der Waals surface area contributed by atoms with Crippen LogP contribution in [0.1, 0.15) is 86.5 Å². The fourth-order valence-corrected chi connectivity index (χ4v) is 32.0. The van der Waals surface area contributed by atoms with E-state index in [1.807, 2.05) is 0 Å². The van der Waals surface area contributed by atoms with Gasteiger partial charge in [0.2, 0.25) is 0 Å². The van der Waals surface area contributed by atoms with Gasteiger partial charge >= 0.3 is 0 Å². The number of hydrogen-bond donors (Lipinski definition) is 0. The molecule has 0 N–H and O–H groups in total. The van der Waals surface area contributed by atoms with Gasteiger partial charge in [-0.15, -0.1) is 0 Å². The third kappa shape index (κ3) is 11.7. The second-order valence-corrected chi connectivity index (χ2v) is 44.5. The van der Waals surface area contributed by atoms with E-state index in [0.717, 1.165) is 53.0 Å². The Morgan fingerprint density at radius 1 is 0.151 bits per heavy atom. The molecule has 22 aromatic carbocycles. The topological polar surface area (TPSA) is 19.7 Å². The molecule has 4 heterocycles. The molecule has 0 saturated heterocycles. The lowest BCUT2D eigenvalue weighted by Crippen LogP contribution is -2.55. The lowest BCUT2D eigenvalue weighted by Gasteiger charge is -2.61. The zero-order valence-corrected chi connectivity index (χ0v) is 81.2. The number of aromatic nitrogens is 4. The van der Waals surface area contributed by atoms with Gasteiger partial charge < -0.3 is 18.3 Å². The van der Waals surface area contributed by atoms with Crippen molar-refractivity contribution in [1.29, 1.82) is 0 Å². The van der Waals surface area contributed by atoms with Crippen LogP contribution in [0.2, 0.25) is 0 Å². The molecule has 0 radical (unpaired) electrons. The van der Waals surface area contributed by atoms with E-state index in [-0.39, 0.29) is 10.8 Å². The molecule has 36 rings (SSSR count). The highest BCUT2D eigenvalue weighted by atomic mass is 15.0. The van der Waals surface area contributed by atoms with Crippen LogP contribution in [0, 0.1) is 47.3 Å². The average molecular weight is 1860 g/mol. The maximum Gasteiger partial charge on any atom is 0.0547 e. The summed E-state index contributed by atoms with van der Waals surface area (Å²) in [5.74, 6) is 6.76. The summed E-state index contributed by atoms with van der Waals surface area (Å²) >= 11 is 0. The predicted molar refractivity (Wildman–Crippen MR) is 611 cm³/mol. The molecule has 8 fully saturated rings. The van der Waals surface area contributed by atoms with Crippen molar-refractivity contribution < 1.29 is 0 Å². The van der Waals surface area contributed by atoms with Gasteiger partial charge in [-0.2, -0.15) is 0 Å². The standard InChI is InChI=1S/C72H52N2.C70H50N2/c1-2-11-46(12-3-1)47-13-10-14-56(39-47)73-68-19-8-5-16-62(68)64-30-25-50(42-70(64)73)51-26-31-65-63-17-6-9-20-69(63)74(71(65)43-51)57-27-32-59-53(40-57)22-21-52-38-48(23-28-58(52)59)49-24-29-61-60-15-4-7-18-66(60)72(67(61)41-49)54-34-44-33-45(36-54)37-55(72)35-44;1-2-12-54-44(10-1)11-9-19-65(54)72-67-18-8-5-15-58(67)60-31-27-50(40-69(60)72)49-26-30-59-57-14-4-7-17-66(57)71(68(59)39-49)53-28-24-46-21-20-45-22-23-47(37-61(45)62(46)41-53)48-25-29-56-55-13-3-6-16-63(55)70(64(56)38-48)51-33-42-32-43(35-51)36-52(70)34-42/h1-32,38-45,54-55H,33-37H2;1-31,37-43,51-52H,32-36H2. The fraction of sp³-hybridized carbons (Fsp3) is 0.141. The van der Waals surface area contributed by atoms with Crippen LogP contribution in [0.3, 0.4) is 0 Å². The lowest BCUT2D eigenvalue weighted by molar-refractivity contribution is -0.0399. The zero-order chi connectivity index (χ0) is 95.0. The van der Waals surface area contributed by atoms with Crippen molar-refractivity contribution in [2.24, 2.45) is 47.3 Å². The van der Waals surface area contributed by atoms with Crippen LogP contribution >= 0.6 is 0 Å². The predicted octanol–water partition coefficient (Wildman–Crippen LogP) is 37.3. The first kappa shape index (κ1) is 81.8. The Kier molecular flexibility index (Phi) is 17.3. The van der Waals surface area contributed by atoms with Crippen LogP contribution in [-0.4, -0.2) is 18.3 Å². The maximum absolute atomic E-state index is 2.64. The molecule has 2 spiro atoms. The Morgan fingerprint density at radius 2 is 0.459 bits per heavy atom. The molecule has 0 aliphatic heterocycles. The number of rotatable bonds is 9. The molecule has 690 valence electrons. The summed E-state index contributed by atoms with van der Waals surface area (Å²) in [6, 6.07) is 171. The first-order valence-electron chi connectivity index (χ1n) is 53.5. The number of fused-ring (bicyclic) bond motifs is 25. The second-order valence-electron chi connectivity index (χ2n) is 44.5.